The van der Waals surface area contributed by atoms with E-state index in [9.17, 15) is 13.2 Å². The quantitative estimate of drug-likeness (QED) is 0.621. The number of benzene rings is 3. The van der Waals surface area contributed by atoms with Gasteiger partial charge in [-0.1, -0.05) is 6.07 Å². The molecule has 3 rings (SSSR count). The largest absolute Gasteiger partial charge is 0.497 e. The van der Waals surface area contributed by atoms with Gasteiger partial charge in [0, 0.05) is 24.4 Å². The third-order valence-corrected chi connectivity index (χ3v) is 6.34. The fraction of sp³-hybridized carbons (Fsp3) is 0.136. The summed E-state index contributed by atoms with van der Waals surface area (Å²) in [5, 5.41) is 2.76. The first-order valence-electron chi connectivity index (χ1n) is 9.03. The van der Waals surface area contributed by atoms with Gasteiger partial charge in [-0.2, -0.15) is 0 Å². The molecule has 0 atom stereocenters. The molecule has 0 bridgehead atoms. The average Bonchev–Trinajstić information content (AvgIpc) is 2.78. The van der Waals surface area contributed by atoms with Crippen LogP contribution in [0, 0.1) is 0 Å². The first-order valence-corrected chi connectivity index (χ1v) is 10.5. The highest BCUT2D eigenvalue weighted by molar-refractivity contribution is 7.92. The molecule has 0 heterocycles. The Morgan fingerprint density at radius 2 is 1.50 bits per heavy atom. The normalized spacial score (nSPS) is 10.9. The van der Waals surface area contributed by atoms with Crippen LogP contribution in [0.3, 0.4) is 0 Å². The van der Waals surface area contributed by atoms with E-state index in [2.05, 4.69) is 5.32 Å². The van der Waals surface area contributed by atoms with Crippen LogP contribution in [0.2, 0.25) is 0 Å². The lowest BCUT2D eigenvalue weighted by Crippen LogP contribution is -2.26. The van der Waals surface area contributed by atoms with Crippen LogP contribution < -0.4 is 19.1 Å². The second-order valence-electron chi connectivity index (χ2n) is 6.38. The third-order valence-electron chi connectivity index (χ3n) is 4.54. The number of carbonyl (C=O) groups is 1. The van der Waals surface area contributed by atoms with Gasteiger partial charge < -0.3 is 14.8 Å². The molecule has 3 aromatic carbocycles. The number of hydrogen-bond donors (Lipinski definition) is 1. The Morgan fingerprint density at radius 1 is 0.867 bits per heavy atom. The van der Waals surface area contributed by atoms with E-state index >= 15 is 0 Å². The molecular weight excluding hydrogens is 404 g/mol. The molecule has 0 aliphatic carbocycles. The summed E-state index contributed by atoms with van der Waals surface area (Å²) in [6, 6.07) is 19.4. The summed E-state index contributed by atoms with van der Waals surface area (Å²) in [4.78, 5) is 12.5. The molecule has 30 heavy (non-hydrogen) atoms. The van der Waals surface area contributed by atoms with Gasteiger partial charge in [0.15, 0.2) is 0 Å². The number of nitrogens with zero attached hydrogens (tertiary/aromatic N) is 1. The molecule has 1 N–H and O–H groups in total. The fourth-order valence-electron chi connectivity index (χ4n) is 2.77. The summed E-state index contributed by atoms with van der Waals surface area (Å²) in [6.07, 6.45) is 0. The number of rotatable bonds is 7. The first kappa shape index (κ1) is 21.2. The van der Waals surface area contributed by atoms with E-state index in [1.807, 2.05) is 0 Å². The van der Waals surface area contributed by atoms with Crippen molar-refractivity contribution in [3.63, 3.8) is 0 Å². The minimum Gasteiger partial charge on any atom is -0.497 e. The van der Waals surface area contributed by atoms with E-state index in [-0.39, 0.29) is 10.8 Å². The lowest BCUT2D eigenvalue weighted by atomic mass is 10.2. The summed E-state index contributed by atoms with van der Waals surface area (Å²) in [6.45, 7) is 0. The number of anilines is 2. The molecule has 0 aromatic heterocycles. The van der Waals surface area contributed by atoms with E-state index < -0.39 is 10.0 Å². The highest BCUT2D eigenvalue weighted by atomic mass is 32.2. The Labute approximate surface area is 175 Å². The first-order chi connectivity index (χ1) is 14.3. The van der Waals surface area contributed by atoms with Crippen LogP contribution in [0.1, 0.15) is 10.4 Å². The molecule has 156 valence electrons. The number of ether oxygens (including phenoxy) is 2. The summed E-state index contributed by atoms with van der Waals surface area (Å²) in [5.41, 5.74) is 1.41. The molecule has 7 nitrogen and oxygen atoms in total. The molecule has 0 radical (unpaired) electrons. The lowest BCUT2D eigenvalue weighted by molar-refractivity contribution is 0.102. The van der Waals surface area contributed by atoms with Gasteiger partial charge in [0.25, 0.3) is 15.9 Å². The SMILES string of the molecule is COc1ccc(N(C)S(=O)(=O)c2ccc(C(=O)Nc3cccc(OC)c3)cc2)cc1. The van der Waals surface area contributed by atoms with E-state index in [4.69, 9.17) is 9.47 Å². The molecule has 0 unspecified atom stereocenters. The van der Waals surface area contributed by atoms with Crippen LogP contribution in [0.4, 0.5) is 11.4 Å². The molecule has 0 aliphatic heterocycles. The molecule has 0 saturated heterocycles. The molecule has 0 aliphatic rings. The van der Waals surface area contributed by atoms with Gasteiger partial charge in [-0.15, -0.1) is 0 Å². The van der Waals surface area contributed by atoms with Crippen molar-refractivity contribution in [2.75, 3.05) is 30.9 Å². The predicted octanol–water partition coefficient (Wildman–Crippen LogP) is 3.78. The van der Waals surface area contributed by atoms with Gasteiger partial charge in [0.05, 0.1) is 24.8 Å². The van der Waals surface area contributed by atoms with Crippen LogP contribution in [0.15, 0.2) is 77.7 Å². The van der Waals surface area contributed by atoms with Crippen molar-refractivity contribution in [3.8, 4) is 11.5 Å². The molecular formula is C22H22N2O5S. The monoisotopic (exact) mass is 426 g/mol. The van der Waals surface area contributed by atoms with Crippen LogP contribution in [0.25, 0.3) is 0 Å². The fourth-order valence-corrected chi connectivity index (χ4v) is 3.97. The van der Waals surface area contributed by atoms with Crippen molar-refractivity contribution < 1.29 is 22.7 Å². The summed E-state index contributed by atoms with van der Waals surface area (Å²) >= 11 is 0. The van der Waals surface area contributed by atoms with Crippen molar-refractivity contribution in [3.05, 3.63) is 78.4 Å². The van der Waals surface area contributed by atoms with Gasteiger partial charge in [0.2, 0.25) is 0 Å². The van der Waals surface area contributed by atoms with Crippen molar-refractivity contribution in [2.45, 2.75) is 4.90 Å². The van der Waals surface area contributed by atoms with Crippen LogP contribution >= 0.6 is 0 Å². The molecule has 1 amide bonds. The van der Waals surface area contributed by atoms with Crippen LogP contribution in [-0.2, 0) is 10.0 Å². The second kappa shape index (κ2) is 8.87. The number of amides is 1. The number of methoxy groups -OCH3 is 2. The van der Waals surface area contributed by atoms with Crippen molar-refractivity contribution in [1.82, 2.24) is 0 Å². The standard InChI is InChI=1S/C22H22N2O5S/c1-24(18-9-11-19(28-2)12-10-18)30(26,27)21-13-7-16(8-14-21)22(25)23-17-5-4-6-20(15-17)29-3/h4-15H,1-3H3,(H,23,25). The third kappa shape index (κ3) is 4.55. The molecule has 0 spiro atoms. The second-order valence-corrected chi connectivity index (χ2v) is 8.35. The Kier molecular flexibility index (Phi) is 6.27. The highest BCUT2D eigenvalue weighted by Gasteiger charge is 2.21. The number of sulfonamides is 1. The average molecular weight is 426 g/mol. The van der Waals surface area contributed by atoms with Crippen molar-refractivity contribution in [2.24, 2.45) is 0 Å². The van der Waals surface area contributed by atoms with Gasteiger partial charge in [-0.05, 0) is 60.7 Å². The number of hydrogen-bond acceptors (Lipinski definition) is 5. The zero-order chi connectivity index (χ0) is 21.7. The highest BCUT2D eigenvalue weighted by Crippen LogP contribution is 2.25. The topological polar surface area (TPSA) is 84.9 Å². The summed E-state index contributed by atoms with van der Waals surface area (Å²) < 4.78 is 37.2. The summed E-state index contributed by atoms with van der Waals surface area (Å²) in [5.74, 6) is 0.905. The van der Waals surface area contributed by atoms with Crippen LogP contribution in [-0.4, -0.2) is 35.6 Å². The molecule has 3 aromatic rings. The van der Waals surface area contributed by atoms with E-state index in [0.29, 0.717) is 28.4 Å². The minimum atomic E-state index is -3.78. The lowest BCUT2D eigenvalue weighted by Gasteiger charge is -2.20. The smallest absolute Gasteiger partial charge is 0.264 e. The zero-order valence-corrected chi connectivity index (χ0v) is 17.6. The number of nitrogens with one attached hydrogen (secondary N) is 1. The predicted molar refractivity (Wildman–Crippen MR) is 116 cm³/mol. The van der Waals surface area contributed by atoms with Gasteiger partial charge in [-0.3, -0.25) is 9.10 Å². The Balaban J connectivity index is 1.76. The maximum absolute atomic E-state index is 12.9. The Bertz CT molecular complexity index is 1130. The van der Waals surface area contributed by atoms with Gasteiger partial charge in [0.1, 0.15) is 11.5 Å². The van der Waals surface area contributed by atoms with E-state index in [1.54, 1.807) is 62.8 Å². The van der Waals surface area contributed by atoms with E-state index in [0.717, 1.165) is 0 Å². The minimum absolute atomic E-state index is 0.0822. The van der Waals surface area contributed by atoms with E-state index in [1.165, 1.54) is 35.6 Å². The van der Waals surface area contributed by atoms with Crippen LogP contribution in [0.5, 0.6) is 11.5 Å². The molecule has 0 saturated carbocycles. The molecule has 0 fully saturated rings. The Morgan fingerprint density at radius 3 is 2.10 bits per heavy atom. The van der Waals surface area contributed by atoms with Gasteiger partial charge >= 0.3 is 0 Å². The summed E-state index contributed by atoms with van der Waals surface area (Å²) in [7, 11) is 0.783. The maximum atomic E-state index is 12.9. The van der Waals surface area contributed by atoms with Crippen molar-refractivity contribution >= 4 is 27.3 Å². The Hall–Kier alpha value is -3.52. The maximum Gasteiger partial charge on any atom is 0.264 e. The van der Waals surface area contributed by atoms with Crippen molar-refractivity contribution in [1.29, 1.82) is 0 Å². The van der Waals surface area contributed by atoms with Gasteiger partial charge in [-0.25, -0.2) is 8.42 Å². The number of carbonyl (C=O) groups excluding carboxylic acids is 1. The zero-order valence-electron chi connectivity index (χ0n) is 16.8. The molecule has 8 heteroatoms.